The molecule has 0 unspecified atom stereocenters. The van der Waals surface area contributed by atoms with E-state index in [2.05, 4.69) is 55.1 Å². The van der Waals surface area contributed by atoms with Gasteiger partial charge in [-0.25, -0.2) is 8.42 Å². The van der Waals surface area contributed by atoms with E-state index >= 15 is 0 Å². The van der Waals surface area contributed by atoms with Gasteiger partial charge in [-0.3, -0.25) is 0 Å². The maximum absolute atomic E-state index is 10.7. The van der Waals surface area contributed by atoms with Crippen LogP contribution in [0, 0.1) is 4.91 Å². The molecule has 0 aliphatic carbocycles. The Balaban J connectivity index is -0.000000396. The third-order valence-electron chi connectivity index (χ3n) is 3.61. The van der Waals surface area contributed by atoms with Gasteiger partial charge in [0.1, 0.15) is 5.69 Å². The van der Waals surface area contributed by atoms with E-state index in [0.717, 1.165) is 31.9 Å². The molecule has 192 valence electrons. The third kappa shape index (κ3) is 19.4. The van der Waals surface area contributed by atoms with Crippen molar-refractivity contribution in [3.8, 4) is 0 Å². The number of likely N-dealkylation sites (N-methyl/N-ethyl adjacent to an activating group) is 3. The van der Waals surface area contributed by atoms with Gasteiger partial charge in [-0.15, -0.1) is 4.91 Å². The van der Waals surface area contributed by atoms with E-state index in [4.69, 9.17) is 13.0 Å². The van der Waals surface area contributed by atoms with Gasteiger partial charge in [-0.1, -0.05) is 0 Å². The van der Waals surface area contributed by atoms with Crippen LogP contribution in [0.2, 0.25) is 0 Å². The fourth-order valence-corrected chi connectivity index (χ4v) is 1.66. The van der Waals surface area contributed by atoms with E-state index in [9.17, 15) is 18.1 Å². The maximum Gasteiger partial charge on any atom is 1.00 e. The van der Waals surface area contributed by atoms with Crippen molar-refractivity contribution in [3.63, 3.8) is 0 Å². The van der Waals surface area contributed by atoms with Gasteiger partial charge in [-0.2, -0.15) is 13.2 Å². The summed E-state index contributed by atoms with van der Waals surface area (Å²) in [6.45, 7) is 4.59. The second-order valence-corrected chi connectivity index (χ2v) is 8.68. The summed E-state index contributed by atoms with van der Waals surface area (Å²) in [6, 6.07) is 7.11. The van der Waals surface area contributed by atoms with Crippen molar-refractivity contribution >= 4 is 21.5 Å². The van der Waals surface area contributed by atoms with E-state index < -0.39 is 15.6 Å². The Bertz CT molecular complexity index is 706. The molecule has 0 N–H and O–H groups in total. The first-order chi connectivity index (χ1) is 14.0. The molecule has 0 bridgehead atoms. The number of rotatable bonds is 8. The van der Waals surface area contributed by atoms with Gasteiger partial charge in [-0.05, 0) is 64.7 Å². The first kappa shape index (κ1) is 35.3. The molecule has 0 heterocycles. The van der Waals surface area contributed by atoms with Crippen molar-refractivity contribution in [1.29, 1.82) is 0 Å². The average molecular weight is 536 g/mol. The van der Waals surface area contributed by atoms with Gasteiger partial charge in [0.05, 0.1) is 0 Å². The number of anilines is 1. The van der Waals surface area contributed by atoms with Crippen LogP contribution in [0.15, 0.2) is 29.4 Å². The number of hydrogen-bond acceptors (Lipinski definition) is 9. The molecule has 0 aliphatic rings. The Labute approximate surface area is 199 Å². The number of nitrogens with zero attached hydrogens (tertiary/aromatic N) is 5. The van der Waals surface area contributed by atoms with Gasteiger partial charge < -0.3 is 24.2 Å². The quantitative estimate of drug-likeness (QED) is 0.216. The molecule has 1 rings (SSSR count). The van der Waals surface area contributed by atoms with Crippen LogP contribution in [-0.4, -0.2) is 109 Å². The van der Waals surface area contributed by atoms with Gasteiger partial charge in [0.25, 0.3) is 0 Å². The Hall–Kier alpha value is -1.28. The predicted molar refractivity (Wildman–Crippen MR) is 117 cm³/mol. The molecule has 0 aliphatic heterocycles. The smallest absolute Gasteiger partial charge is 0.741 e. The van der Waals surface area contributed by atoms with Gasteiger partial charge in [0.2, 0.25) is 0 Å². The molecular weight excluding hydrogens is 503 g/mol. The van der Waals surface area contributed by atoms with Crippen molar-refractivity contribution in [1.82, 2.24) is 14.7 Å². The van der Waals surface area contributed by atoms with Crippen molar-refractivity contribution in [2.45, 2.75) is 5.51 Å². The first-order valence-corrected chi connectivity index (χ1v) is 10.5. The largest absolute Gasteiger partial charge is 1.00 e. The van der Waals surface area contributed by atoms with Crippen molar-refractivity contribution in [3.05, 3.63) is 29.2 Å². The average Bonchev–Trinajstić information content (AvgIpc) is 2.64. The molecule has 0 atom stereocenters. The molecule has 9 nitrogen and oxygen atoms in total. The van der Waals surface area contributed by atoms with Crippen LogP contribution in [0.1, 0.15) is 0 Å². The summed E-state index contributed by atoms with van der Waals surface area (Å²) in [4.78, 5) is 18.8. The molecule has 0 aromatic heterocycles. The number of halogens is 3. The minimum absolute atomic E-state index is 0. The van der Waals surface area contributed by atoms with E-state index in [0.29, 0.717) is 5.69 Å². The van der Waals surface area contributed by atoms with Crippen LogP contribution < -0.4 is 4.90 Å². The van der Waals surface area contributed by atoms with Crippen LogP contribution in [0.5, 0.6) is 0 Å². The van der Waals surface area contributed by atoms with Crippen molar-refractivity contribution < 1.29 is 43.2 Å². The first-order valence-electron chi connectivity index (χ1n) is 9.12. The Morgan fingerprint density at radius 3 is 1.41 bits per heavy atom. The Kier molecular flexibility index (Phi) is 19.0. The summed E-state index contributed by atoms with van der Waals surface area (Å²) < 4.78 is 58.9. The zero-order valence-corrected chi connectivity index (χ0v) is 21.1. The molecule has 32 heavy (non-hydrogen) atoms. The van der Waals surface area contributed by atoms with E-state index in [-0.39, 0.29) is 17.1 Å². The van der Waals surface area contributed by atoms with Gasteiger partial charge in [0.15, 0.2) is 10.1 Å². The minimum Gasteiger partial charge on any atom is -0.741 e. The summed E-state index contributed by atoms with van der Waals surface area (Å²) in [6.07, 6.45) is 0. The maximum atomic E-state index is 10.7. The second kappa shape index (κ2) is 17.2. The minimum atomic E-state index is -6.09. The number of nitroso groups, excluding NO2 is 1. The fraction of sp³-hybridized carbons (Fsp3) is 0.667. The molecule has 0 fully saturated rings. The van der Waals surface area contributed by atoms with E-state index in [1.54, 1.807) is 12.1 Å². The van der Waals surface area contributed by atoms with Crippen LogP contribution in [0.4, 0.5) is 24.5 Å². The van der Waals surface area contributed by atoms with E-state index in [1.165, 1.54) is 0 Å². The SMILES string of the molecule is CN(C)CCN(C)CCN(C)C.CN(C)c1ccc(N=O)cc1.O=S(=O)([O-])C(F)(F)F.[Cu+]. The molecule has 0 amide bonds. The number of benzene rings is 1. The monoisotopic (exact) mass is 535 g/mol. The van der Waals surface area contributed by atoms with E-state index in [1.807, 2.05) is 31.1 Å². The topological polar surface area (TPSA) is 99.6 Å². The zero-order chi connectivity index (χ0) is 24.8. The molecule has 0 spiro atoms. The Morgan fingerprint density at radius 2 is 1.19 bits per heavy atom. The molecular formula is C18H33CuF3N5O4S. The summed E-state index contributed by atoms with van der Waals surface area (Å²) in [5.41, 5.74) is -4.11. The second-order valence-electron chi connectivity index (χ2n) is 7.31. The molecule has 1 aromatic carbocycles. The van der Waals surface area contributed by atoms with Crippen molar-refractivity contribution in [2.75, 3.05) is 80.4 Å². The standard InChI is InChI=1S/C9H23N3.C8H10N2O.CHF3O3S.Cu/c1-10(2)6-8-12(5)9-7-11(3)4;1-10(2)8-5-3-7(9-11)4-6-8;2-1(3,4)8(5,6)7;/h6-9H2,1-5H3;3-6H,1-2H3;(H,5,6,7);/q;;;+1/p-1. The van der Waals surface area contributed by atoms with Crippen LogP contribution in [-0.2, 0) is 27.2 Å². The predicted octanol–water partition coefficient (Wildman–Crippen LogP) is 2.24. The van der Waals surface area contributed by atoms with Gasteiger partial charge >= 0.3 is 22.6 Å². The number of alkyl halides is 3. The zero-order valence-electron chi connectivity index (χ0n) is 19.4. The van der Waals surface area contributed by atoms with Crippen molar-refractivity contribution in [2.24, 2.45) is 5.18 Å². The molecule has 0 saturated carbocycles. The summed E-state index contributed by atoms with van der Waals surface area (Å²) >= 11 is 0. The molecule has 0 saturated heterocycles. The molecule has 1 aromatic rings. The third-order valence-corrected chi connectivity index (χ3v) is 4.18. The Morgan fingerprint density at radius 1 is 0.844 bits per heavy atom. The summed E-state index contributed by atoms with van der Waals surface area (Å²) in [7, 11) is 8.42. The molecule has 0 radical (unpaired) electrons. The van der Waals surface area contributed by atoms with Crippen LogP contribution >= 0.6 is 0 Å². The summed E-state index contributed by atoms with van der Waals surface area (Å²) in [5.74, 6) is 0. The normalized spacial score (nSPS) is 11.2. The van der Waals surface area contributed by atoms with Crippen LogP contribution in [0.25, 0.3) is 0 Å². The summed E-state index contributed by atoms with van der Waals surface area (Å²) in [5, 5.41) is 2.80. The number of hydrogen-bond donors (Lipinski definition) is 0. The van der Waals surface area contributed by atoms with Gasteiger partial charge in [0, 0.05) is 46.0 Å². The fourth-order valence-electron chi connectivity index (χ4n) is 1.66. The van der Waals surface area contributed by atoms with Crippen LogP contribution in [0.3, 0.4) is 0 Å². The molecule has 14 heteroatoms.